The summed E-state index contributed by atoms with van der Waals surface area (Å²) in [7, 11) is 0. The largest absolute Gasteiger partial charge is 0.392 e. The third-order valence-corrected chi connectivity index (χ3v) is 4.27. The van der Waals surface area contributed by atoms with Crippen molar-refractivity contribution in [3.8, 4) is 11.3 Å². The normalized spacial score (nSPS) is 12.8. The van der Waals surface area contributed by atoms with E-state index in [2.05, 4.69) is 33.4 Å². The average molecular weight is 346 g/mol. The maximum Gasteiger partial charge on any atom is 0.143 e. The molecule has 0 aliphatic heterocycles. The van der Waals surface area contributed by atoms with Crippen molar-refractivity contribution in [2.75, 3.05) is 5.32 Å². The molecule has 26 heavy (non-hydrogen) atoms. The number of nitrogens with zero attached hydrogens (tertiary/aromatic N) is 2. The van der Waals surface area contributed by atoms with Gasteiger partial charge in [0.25, 0.3) is 0 Å². The van der Waals surface area contributed by atoms with Gasteiger partial charge < -0.3 is 15.4 Å². The van der Waals surface area contributed by atoms with Crippen LogP contribution >= 0.6 is 0 Å². The van der Waals surface area contributed by atoms with Gasteiger partial charge in [-0.3, -0.25) is 0 Å². The quantitative estimate of drug-likeness (QED) is 0.560. The van der Waals surface area contributed by atoms with E-state index >= 15 is 0 Å². The minimum absolute atomic E-state index is 0.0331. The Hall–Kier alpha value is -3.18. The predicted molar refractivity (Wildman–Crippen MR) is 107 cm³/mol. The van der Waals surface area contributed by atoms with Gasteiger partial charge in [-0.1, -0.05) is 55.7 Å². The first-order valence-corrected chi connectivity index (χ1v) is 8.41. The second kappa shape index (κ2) is 7.80. The highest BCUT2D eigenvalue weighted by Gasteiger charge is 2.12. The molecule has 0 saturated carbocycles. The monoisotopic (exact) mass is 346 g/mol. The van der Waals surface area contributed by atoms with E-state index in [1.807, 2.05) is 49.4 Å². The molecule has 3 N–H and O–H groups in total. The van der Waals surface area contributed by atoms with Crippen molar-refractivity contribution in [2.45, 2.75) is 19.6 Å². The zero-order valence-electron chi connectivity index (χ0n) is 14.7. The number of rotatable bonds is 7. The van der Waals surface area contributed by atoms with Gasteiger partial charge in [0.2, 0.25) is 0 Å². The molecule has 0 unspecified atom stereocenters. The van der Waals surface area contributed by atoms with E-state index < -0.39 is 0 Å². The van der Waals surface area contributed by atoms with Crippen LogP contribution in [0.3, 0.4) is 0 Å². The highest BCUT2D eigenvalue weighted by atomic mass is 16.3. The number of aliphatic hydroxyl groups excluding tert-OH is 1. The summed E-state index contributed by atoms with van der Waals surface area (Å²) < 4.78 is 0. The van der Waals surface area contributed by atoms with Gasteiger partial charge in [-0.2, -0.15) is 0 Å². The first-order valence-electron chi connectivity index (χ1n) is 8.41. The fourth-order valence-corrected chi connectivity index (χ4v) is 2.81. The molecule has 0 radical (unpaired) electrons. The summed E-state index contributed by atoms with van der Waals surface area (Å²) in [5, 5.41) is 13.5. The Bertz CT molecular complexity index is 954. The zero-order valence-corrected chi connectivity index (χ0v) is 14.7. The van der Waals surface area contributed by atoms with E-state index in [0.717, 1.165) is 39.2 Å². The molecular formula is C21H22N4O. The summed E-state index contributed by atoms with van der Waals surface area (Å²) in [6.45, 7) is 9.67. The van der Waals surface area contributed by atoms with Crippen molar-refractivity contribution in [1.29, 1.82) is 0 Å². The number of hydrogen-bond acceptors (Lipinski definition) is 4. The second-order valence-corrected chi connectivity index (χ2v) is 6.00. The van der Waals surface area contributed by atoms with E-state index in [-0.39, 0.29) is 12.6 Å². The second-order valence-electron chi connectivity index (χ2n) is 6.00. The van der Waals surface area contributed by atoms with Crippen LogP contribution in [0.15, 0.2) is 73.6 Å². The zero-order chi connectivity index (χ0) is 18.5. The molecule has 1 aromatic carbocycles. The van der Waals surface area contributed by atoms with E-state index in [9.17, 15) is 5.11 Å². The van der Waals surface area contributed by atoms with Gasteiger partial charge in [-0.05, 0) is 29.7 Å². The molecule has 0 fully saturated rings. The molecule has 1 atom stereocenters. The molecular weight excluding hydrogens is 324 g/mol. The maximum atomic E-state index is 9.18. The third kappa shape index (κ3) is 3.58. The number of anilines is 1. The summed E-state index contributed by atoms with van der Waals surface area (Å²) >= 11 is 0. The van der Waals surface area contributed by atoms with Crippen molar-refractivity contribution >= 4 is 16.9 Å². The van der Waals surface area contributed by atoms with Crippen molar-refractivity contribution in [3.63, 3.8) is 0 Å². The van der Waals surface area contributed by atoms with Crippen LogP contribution in [0.1, 0.15) is 12.5 Å². The van der Waals surface area contributed by atoms with Crippen LogP contribution in [-0.2, 0) is 6.61 Å². The highest BCUT2D eigenvalue weighted by Crippen LogP contribution is 2.27. The van der Waals surface area contributed by atoms with Crippen LogP contribution in [0.5, 0.6) is 0 Å². The Labute approximate surface area is 152 Å². The van der Waals surface area contributed by atoms with Crippen molar-refractivity contribution in [2.24, 2.45) is 0 Å². The molecule has 2 heterocycles. The Balaban J connectivity index is 1.95. The molecule has 2 aromatic heterocycles. The average Bonchev–Trinajstić information content (AvgIpc) is 3.11. The van der Waals surface area contributed by atoms with Crippen LogP contribution in [-0.4, -0.2) is 26.1 Å². The highest BCUT2D eigenvalue weighted by molar-refractivity contribution is 5.91. The summed E-state index contributed by atoms with van der Waals surface area (Å²) in [5.41, 5.74) is 4.65. The Kier molecular flexibility index (Phi) is 5.29. The van der Waals surface area contributed by atoms with Gasteiger partial charge in [0.1, 0.15) is 17.8 Å². The minimum atomic E-state index is 0.0331. The fraction of sp³-hybridized carbons (Fsp3) is 0.143. The van der Waals surface area contributed by atoms with Crippen LogP contribution in [0, 0.1) is 0 Å². The number of nitrogens with one attached hydrogen (secondary N) is 2. The lowest BCUT2D eigenvalue weighted by atomic mass is 10.1. The Morgan fingerprint density at radius 1 is 1.27 bits per heavy atom. The summed E-state index contributed by atoms with van der Waals surface area (Å²) in [5.74, 6) is 0.758. The summed E-state index contributed by atoms with van der Waals surface area (Å²) in [6.07, 6.45) is 7.02. The predicted octanol–water partition coefficient (Wildman–Crippen LogP) is 4.22. The van der Waals surface area contributed by atoms with Gasteiger partial charge in [-0.15, -0.1) is 0 Å². The molecule has 0 amide bonds. The number of allylic oxidation sites excluding steroid dienone is 2. The summed E-state index contributed by atoms with van der Waals surface area (Å²) in [6, 6.07) is 9.83. The maximum absolute atomic E-state index is 9.18. The Morgan fingerprint density at radius 3 is 2.69 bits per heavy atom. The van der Waals surface area contributed by atoms with Crippen molar-refractivity contribution in [3.05, 3.63) is 79.2 Å². The lowest BCUT2D eigenvalue weighted by molar-refractivity contribution is 0.282. The van der Waals surface area contributed by atoms with E-state index in [0.29, 0.717) is 0 Å². The van der Waals surface area contributed by atoms with Crippen LogP contribution < -0.4 is 5.32 Å². The van der Waals surface area contributed by atoms with Crippen LogP contribution in [0.25, 0.3) is 22.3 Å². The van der Waals surface area contributed by atoms with Gasteiger partial charge in [0.15, 0.2) is 0 Å². The topological polar surface area (TPSA) is 73.8 Å². The molecule has 0 aliphatic carbocycles. The molecule has 132 valence electrons. The lowest BCUT2D eigenvalue weighted by Crippen LogP contribution is -2.18. The van der Waals surface area contributed by atoms with E-state index in [4.69, 9.17) is 0 Å². The van der Waals surface area contributed by atoms with E-state index in [1.165, 1.54) is 6.33 Å². The number of benzene rings is 1. The SMILES string of the molecule is C=C/C=C(\C=C)[C@@H](C)Nc1ncnc2[nH]c(-c3ccc(CO)cc3)cc12. The minimum Gasteiger partial charge on any atom is -0.392 e. The van der Waals surface area contributed by atoms with Gasteiger partial charge in [-0.25, -0.2) is 9.97 Å². The Morgan fingerprint density at radius 2 is 2.04 bits per heavy atom. The fourth-order valence-electron chi connectivity index (χ4n) is 2.81. The number of hydrogen-bond donors (Lipinski definition) is 3. The third-order valence-electron chi connectivity index (χ3n) is 4.27. The van der Waals surface area contributed by atoms with Crippen LogP contribution in [0.4, 0.5) is 5.82 Å². The molecule has 0 saturated heterocycles. The molecule has 5 nitrogen and oxygen atoms in total. The molecule has 0 spiro atoms. The van der Waals surface area contributed by atoms with Crippen LogP contribution in [0.2, 0.25) is 0 Å². The molecule has 5 heteroatoms. The smallest absolute Gasteiger partial charge is 0.143 e. The number of aromatic amines is 1. The number of aromatic nitrogens is 3. The first-order chi connectivity index (χ1) is 12.7. The number of aliphatic hydroxyl groups is 1. The van der Waals surface area contributed by atoms with Crippen molar-refractivity contribution < 1.29 is 5.11 Å². The van der Waals surface area contributed by atoms with E-state index in [1.54, 1.807) is 6.08 Å². The molecule has 3 aromatic rings. The summed E-state index contributed by atoms with van der Waals surface area (Å²) in [4.78, 5) is 12.1. The molecule has 0 bridgehead atoms. The van der Waals surface area contributed by atoms with Crippen molar-refractivity contribution in [1.82, 2.24) is 15.0 Å². The lowest BCUT2D eigenvalue weighted by Gasteiger charge is -2.15. The van der Waals surface area contributed by atoms with Gasteiger partial charge in [0.05, 0.1) is 12.0 Å². The first kappa shape index (κ1) is 17.6. The number of fused-ring (bicyclic) bond motifs is 1. The van der Waals surface area contributed by atoms with Gasteiger partial charge >= 0.3 is 0 Å². The van der Waals surface area contributed by atoms with Gasteiger partial charge in [0, 0.05) is 11.7 Å². The molecule has 0 aliphatic rings. The molecule has 3 rings (SSSR count). The number of H-pyrrole nitrogens is 1. The standard InChI is InChI=1S/C21H22N4O/c1-4-6-16(5-2)14(3)24-20-18-11-19(25-21(18)23-13-22-20)17-9-7-15(12-26)8-10-17/h4-11,13-14,26H,1-2,12H2,3H3,(H2,22,23,24,25)/b16-6+/t14-/m1/s1.